The van der Waals surface area contributed by atoms with E-state index in [-0.39, 0.29) is 0 Å². The van der Waals surface area contributed by atoms with E-state index in [0.29, 0.717) is 12.6 Å². The van der Waals surface area contributed by atoms with Gasteiger partial charge in [-0.2, -0.15) is 0 Å². The number of aryl methyl sites for hydroxylation is 1. The molecule has 0 aromatic carbocycles. The molecule has 0 bridgehead atoms. The summed E-state index contributed by atoms with van der Waals surface area (Å²) < 4.78 is 1.18. The summed E-state index contributed by atoms with van der Waals surface area (Å²) in [4.78, 5) is 2.63. The highest BCUT2D eigenvalue weighted by Crippen LogP contribution is 2.30. The first-order valence-corrected chi connectivity index (χ1v) is 5.99. The average molecular weight is 263 g/mol. The smallest absolute Gasteiger partial charge is 0.0539 e. The summed E-state index contributed by atoms with van der Waals surface area (Å²) in [6.07, 6.45) is 0. The van der Waals surface area contributed by atoms with Gasteiger partial charge >= 0.3 is 0 Å². The maximum Gasteiger partial charge on any atom is 0.0539 e. The van der Waals surface area contributed by atoms with E-state index in [1.807, 2.05) is 0 Å². The van der Waals surface area contributed by atoms with Gasteiger partial charge in [0.15, 0.2) is 0 Å². The fraction of sp³-hybridized carbons (Fsp3) is 0.556. The molecule has 3 N–H and O–H groups in total. The highest BCUT2D eigenvalue weighted by molar-refractivity contribution is 9.10. The Kier molecular flexibility index (Phi) is 4.38. The predicted molar refractivity (Wildman–Crippen MR) is 62.2 cm³/mol. The molecule has 0 radical (unpaired) electrons. The van der Waals surface area contributed by atoms with Crippen molar-refractivity contribution in [2.24, 2.45) is 5.73 Å². The molecule has 1 heterocycles. The minimum Gasteiger partial charge on any atom is -0.329 e. The van der Waals surface area contributed by atoms with E-state index in [1.54, 1.807) is 11.3 Å². The molecular formula is C9H15BrN2S. The normalized spacial score (nSPS) is 13.2. The number of thiophene rings is 1. The standard InChI is InChI=1S/C9H15BrN2S/c1-3-12-8(5-11)9-4-7(10)6(2)13-9/h4,8,12H,3,5,11H2,1-2H3. The Balaban J connectivity index is 2.78. The summed E-state index contributed by atoms with van der Waals surface area (Å²) in [7, 11) is 0. The molecule has 1 unspecified atom stereocenters. The van der Waals surface area contributed by atoms with Crippen LogP contribution in [0.4, 0.5) is 0 Å². The van der Waals surface area contributed by atoms with Crippen LogP contribution >= 0.6 is 27.3 Å². The number of rotatable bonds is 4. The maximum atomic E-state index is 5.68. The first kappa shape index (κ1) is 11.2. The highest BCUT2D eigenvalue weighted by atomic mass is 79.9. The van der Waals surface area contributed by atoms with Gasteiger partial charge in [-0.25, -0.2) is 0 Å². The van der Waals surface area contributed by atoms with Gasteiger partial charge in [-0.05, 0) is 35.5 Å². The lowest BCUT2D eigenvalue weighted by atomic mass is 10.2. The average Bonchev–Trinajstić information content (AvgIpc) is 2.43. The summed E-state index contributed by atoms with van der Waals surface area (Å²) in [5.74, 6) is 0. The van der Waals surface area contributed by atoms with Crippen LogP contribution in [-0.4, -0.2) is 13.1 Å². The van der Waals surface area contributed by atoms with Crippen LogP contribution in [0, 0.1) is 6.92 Å². The molecule has 1 rings (SSSR count). The van der Waals surface area contributed by atoms with E-state index in [2.05, 4.69) is 41.2 Å². The Labute approximate surface area is 91.7 Å². The first-order chi connectivity index (χ1) is 6.19. The highest BCUT2D eigenvalue weighted by Gasteiger charge is 2.11. The van der Waals surface area contributed by atoms with Gasteiger partial charge in [0.05, 0.1) is 6.04 Å². The van der Waals surface area contributed by atoms with Gasteiger partial charge in [0.1, 0.15) is 0 Å². The molecule has 0 spiro atoms. The van der Waals surface area contributed by atoms with E-state index in [0.717, 1.165) is 6.54 Å². The van der Waals surface area contributed by atoms with Crippen LogP contribution in [0.3, 0.4) is 0 Å². The van der Waals surface area contributed by atoms with Crippen LogP contribution in [0.2, 0.25) is 0 Å². The van der Waals surface area contributed by atoms with E-state index in [4.69, 9.17) is 5.73 Å². The second kappa shape index (κ2) is 5.10. The lowest BCUT2D eigenvalue weighted by Crippen LogP contribution is -2.27. The molecule has 4 heteroatoms. The van der Waals surface area contributed by atoms with Crippen LogP contribution in [0.15, 0.2) is 10.5 Å². The van der Waals surface area contributed by atoms with E-state index >= 15 is 0 Å². The minimum absolute atomic E-state index is 0.306. The Bertz CT molecular complexity index is 253. The monoisotopic (exact) mass is 262 g/mol. The topological polar surface area (TPSA) is 38.0 Å². The lowest BCUT2D eigenvalue weighted by molar-refractivity contribution is 0.570. The number of halogens is 1. The minimum atomic E-state index is 0.306. The van der Waals surface area contributed by atoms with Gasteiger partial charge in [-0.3, -0.25) is 0 Å². The Morgan fingerprint density at radius 3 is 2.77 bits per heavy atom. The van der Waals surface area contributed by atoms with Crippen molar-refractivity contribution < 1.29 is 0 Å². The van der Waals surface area contributed by atoms with Crippen molar-refractivity contribution in [1.82, 2.24) is 5.32 Å². The summed E-state index contributed by atoms with van der Waals surface area (Å²) in [5.41, 5.74) is 5.68. The molecule has 0 fully saturated rings. The van der Waals surface area contributed by atoms with Crippen LogP contribution in [0.25, 0.3) is 0 Å². The molecule has 0 aliphatic rings. The van der Waals surface area contributed by atoms with Crippen LogP contribution in [0.5, 0.6) is 0 Å². The summed E-state index contributed by atoms with van der Waals surface area (Å²) in [6.45, 7) is 5.81. The van der Waals surface area contributed by atoms with Crippen molar-refractivity contribution in [2.45, 2.75) is 19.9 Å². The van der Waals surface area contributed by atoms with Crippen LogP contribution < -0.4 is 11.1 Å². The zero-order valence-corrected chi connectivity index (χ0v) is 10.3. The van der Waals surface area contributed by atoms with Crippen molar-refractivity contribution in [3.63, 3.8) is 0 Å². The number of nitrogens with two attached hydrogens (primary N) is 1. The molecule has 1 aromatic rings. The first-order valence-electron chi connectivity index (χ1n) is 4.38. The zero-order valence-electron chi connectivity index (χ0n) is 7.93. The predicted octanol–water partition coefficient (Wildman–Crippen LogP) is 2.43. The van der Waals surface area contributed by atoms with Gasteiger partial charge in [0.25, 0.3) is 0 Å². The Morgan fingerprint density at radius 2 is 2.38 bits per heavy atom. The third-order valence-electron chi connectivity index (χ3n) is 1.91. The van der Waals surface area contributed by atoms with Gasteiger partial charge in [-0.15, -0.1) is 11.3 Å². The number of hydrogen-bond acceptors (Lipinski definition) is 3. The Morgan fingerprint density at radius 1 is 1.69 bits per heavy atom. The van der Waals surface area contributed by atoms with Crippen LogP contribution in [0.1, 0.15) is 22.7 Å². The van der Waals surface area contributed by atoms with E-state index in [1.165, 1.54) is 14.2 Å². The molecule has 0 aliphatic carbocycles. The molecule has 13 heavy (non-hydrogen) atoms. The van der Waals surface area contributed by atoms with Crippen molar-refractivity contribution in [2.75, 3.05) is 13.1 Å². The SMILES string of the molecule is CCNC(CN)c1cc(Br)c(C)s1. The second-order valence-electron chi connectivity index (χ2n) is 2.90. The van der Waals surface area contributed by atoms with Gasteiger partial charge < -0.3 is 11.1 Å². The molecule has 0 saturated heterocycles. The molecule has 2 nitrogen and oxygen atoms in total. The summed E-state index contributed by atoms with van der Waals surface area (Å²) in [5, 5.41) is 3.35. The molecule has 1 aromatic heterocycles. The lowest BCUT2D eigenvalue weighted by Gasteiger charge is -2.12. The molecule has 0 saturated carbocycles. The van der Waals surface area contributed by atoms with Crippen molar-refractivity contribution >= 4 is 27.3 Å². The fourth-order valence-corrected chi connectivity index (χ4v) is 2.85. The van der Waals surface area contributed by atoms with E-state index in [9.17, 15) is 0 Å². The van der Waals surface area contributed by atoms with Crippen molar-refractivity contribution in [3.8, 4) is 0 Å². The number of hydrogen-bond donors (Lipinski definition) is 2. The second-order valence-corrected chi connectivity index (χ2v) is 5.04. The number of likely N-dealkylation sites (N-methyl/N-ethyl adjacent to an activating group) is 1. The quantitative estimate of drug-likeness (QED) is 0.875. The van der Waals surface area contributed by atoms with Gasteiger partial charge in [0, 0.05) is 20.8 Å². The molecular weight excluding hydrogens is 248 g/mol. The van der Waals surface area contributed by atoms with Crippen molar-refractivity contribution in [3.05, 3.63) is 20.3 Å². The molecule has 0 amide bonds. The van der Waals surface area contributed by atoms with Gasteiger partial charge in [-0.1, -0.05) is 6.92 Å². The number of nitrogens with one attached hydrogen (secondary N) is 1. The maximum absolute atomic E-state index is 5.68. The van der Waals surface area contributed by atoms with Crippen molar-refractivity contribution in [1.29, 1.82) is 0 Å². The summed E-state index contributed by atoms with van der Waals surface area (Å²) >= 11 is 5.30. The Hall–Kier alpha value is 0.1000. The third-order valence-corrected chi connectivity index (χ3v) is 4.16. The molecule has 74 valence electrons. The van der Waals surface area contributed by atoms with E-state index < -0.39 is 0 Å². The zero-order chi connectivity index (χ0) is 9.84. The largest absolute Gasteiger partial charge is 0.329 e. The summed E-state index contributed by atoms with van der Waals surface area (Å²) in [6, 6.07) is 2.46. The fourth-order valence-electron chi connectivity index (χ4n) is 1.20. The van der Waals surface area contributed by atoms with Crippen LogP contribution in [-0.2, 0) is 0 Å². The van der Waals surface area contributed by atoms with Gasteiger partial charge in [0.2, 0.25) is 0 Å². The molecule has 0 aliphatic heterocycles. The molecule has 1 atom stereocenters. The third kappa shape index (κ3) is 2.77.